The number of aryl methyl sites for hydroxylation is 1. The molecule has 12 nitrogen and oxygen atoms in total. The van der Waals surface area contributed by atoms with Crippen LogP contribution in [0.25, 0.3) is 0 Å². The highest BCUT2D eigenvalue weighted by atomic mass is 19.3. The molecule has 1 saturated heterocycles. The third-order valence-electron chi connectivity index (χ3n) is 9.14. The maximum absolute atomic E-state index is 15.6. The number of rotatable bonds is 12. The van der Waals surface area contributed by atoms with Gasteiger partial charge in [-0.25, -0.2) is 4.39 Å². The number of allylic oxidation sites excluding steroid dienone is 1. The predicted octanol–water partition coefficient (Wildman–Crippen LogP) is 3.13. The number of halogens is 3. The van der Waals surface area contributed by atoms with Crippen LogP contribution >= 0.6 is 0 Å². The van der Waals surface area contributed by atoms with Crippen LogP contribution < -0.4 is 16.0 Å². The van der Waals surface area contributed by atoms with E-state index in [2.05, 4.69) is 25.9 Å². The minimum atomic E-state index is -1.73. The minimum Gasteiger partial charge on any atom is -0.375 e. The number of benzene rings is 1. The molecule has 1 unspecified atom stereocenters. The Hall–Kier alpha value is -4.24. The maximum atomic E-state index is 15.6. The van der Waals surface area contributed by atoms with Gasteiger partial charge in [-0.2, -0.15) is 13.9 Å². The van der Waals surface area contributed by atoms with Crippen molar-refractivity contribution in [1.29, 1.82) is 0 Å². The Bertz CT molecular complexity index is 1490. The second-order valence-corrected chi connectivity index (χ2v) is 12.3. The van der Waals surface area contributed by atoms with E-state index in [-0.39, 0.29) is 55.2 Å². The smallest absolute Gasteiger partial charge is 0.270 e. The molecule has 0 bridgehead atoms. The molecule has 4 rings (SSSR count). The number of nitrogens with one attached hydrogen (secondary N) is 3. The van der Waals surface area contributed by atoms with Crippen molar-refractivity contribution < 1.29 is 37.1 Å². The Morgan fingerprint density at radius 2 is 1.73 bits per heavy atom. The highest BCUT2D eigenvalue weighted by Gasteiger charge is 2.35. The first-order chi connectivity index (χ1) is 22.9. The fraction of sp³-hybridized carbons (Fsp3) is 0.545. The molecule has 0 spiro atoms. The van der Waals surface area contributed by atoms with Gasteiger partial charge in [0.2, 0.25) is 17.7 Å². The largest absolute Gasteiger partial charge is 0.375 e. The lowest BCUT2D eigenvalue weighted by atomic mass is 9.81. The molecule has 1 aliphatic heterocycles. The molecule has 1 aromatic heterocycles. The van der Waals surface area contributed by atoms with Gasteiger partial charge >= 0.3 is 0 Å². The van der Waals surface area contributed by atoms with Crippen molar-refractivity contribution in [3.05, 3.63) is 59.2 Å². The molecular weight excluding hydrogens is 631 g/mol. The van der Waals surface area contributed by atoms with Crippen molar-refractivity contribution in [1.82, 2.24) is 30.2 Å². The van der Waals surface area contributed by atoms with Gasteiger partial charge in [0.05, 0.1) is 5.69 Å². The molecular formula is C33H44F3N7O5. The van der Waals surface area contributed by atoms with Gasteiger partial charge in [0, 0.05) is 51.9 Å². The number of amides is 4. The number of piperazine rings is 1. The van der Waals surface area contributed by atoms with E-state index < -0.39 is 53.5 Å². The molecule has 2 fully saturated rings. The van der Waals surface area contributed by atoms with E-state index in [0.29, 0.717) is 38.3 Å². The standard InChI is InChI=1S/C33H44F3N7O5/c1-5-43-26(12-13-37-43)31(45)40-29(21-6-8-22(9-7-21)30(35)36)32(46)38-25-11-10-23(18-24(25)34)20(2)28(39-27(44)19-48-4)33(47)42-16-14-41(3)15-17-42/h10-13,18,20-21,28-29H,5-9,14-17,19H2,1-4H3,(H,38,46)(H,39,44)(H,40,45)/t20-,28+,29?/m0/s1. The lowest BCUT2D eigenvalue weighted by Crippen LogP contribution is -2.56. The summed E-state index contributed by atoms with van der Waals surface area (Å²) in [4.78, 5) is 56.7. The second-order valence-electron chi connectivity index (χ2n) is 12.3. The number of hydrogen-bond acceptors (Lipinski definition) is 7. The third kappa shape index (κ3) is 9.01. The highest BCUT2D eigenvalue weighted by Crippen LogP contribution is 2.34. The molecule has 2 aromatic rings. The number of ether oxygens (including phenoxy) is 1. The summed E-state index contributed by atoms with van der Waals surface area (Å²) >= 11 is 0. The van der Waals surface area contributed by atoms with Crippen molar-refractivity contribution in [2.24, 2.45) is 5.92 Å². The summed E-state index contributed by atoms with van der Waals surface area (Å²) in [6, 6.07) is 3.49. The first-order valence-electron chi connectivity index (χ1n) is 16.1. The molecule has 1 saturated carbocycles. The van der Waals surface area contributed by atoms with Crippen molar-refractivity contribution >= 4 is 29.3 Å². The van der Waals surface area contributed by atoms with Crippen molar-refractivity contribution in [2.75, 3.05) is 52.3 Å². The van der Waals surface area contributed by atoms with Crippen LogP contribution in [0, 0.1) is 11.7 Å². The molecule has 0 radical (unpaired) electrons. The van der Waals surface area contributed by atoms with Crippen LogP contribution in [-0.4, -0.2) is 102 Å². The zero-order valence-electron chi connectivity index (χ0n) is 27.7. The summed E-state index contributed by atoms with van der Waals surface area (Å²) < 4.78 is 48.5. The van der Waals surface area contributed by atoms with Gasteiger partial charge < -0.3 is 30.5 Å². The number of nitrogens with zero attached hydrogens (tertiary/aromatic N) is 4. The van der Waals surface area contributed by atoms with Crippen LogP contribution in [0.4, 0.5) is 18.9 Å². The summed E-state index contributed by atoms with van der Waals surface area (Å²) in [5.41, 5.74) is 0.502. The lowest BCUT2D eigenvalue weighted by molar-refractivity contribution is -0.139. The van der Waals surface area contributed by atoms with E-state index in [9.17, 15) is 28.0 Å². The summed E-state index contributed by atoms with van der Waals surface area (Å²) in [5.74, 6) is -3.95. The Balaban J connectivity index is 1.54. The monoisotopic (exact) mass is 675 g/mol. The van der Waals surface area contributed by atoms with E-state index in [4.69, 9.17) is 4.74 Å². The fourth-order valence-electron chi connectivity index (χ4n) is 6.19. The Morgan fingerprint density at radius 1 is 1.04 bits per heavy atom. The molecule has 48 heavy (non-hydrogen) atoms. The van der Waals surface area contributed by atoms with Crippen LogP contribution in [0.1, 0.15) is 61.5 Å². The first-order valence-corrected chi connectivity index (χ1v) is 16.1. The maximum Gasteiger partial charge on any atom is 0.270 e. The third-order valence-corrected chi connectivity index (χ3v) is 9.14. The van der Waals surface area contributed by atoms with E-state index in [1.807, 2.05) is 7.05 Å². The van der Waals surface area contributed by atoms with Gasteiger partial charge in [0.1, 0.15) is 30.2 Å². The van der Waals surface area contributed by atoms with Gasteiger partial charge in [0.15, 0.2) is 0 Å². The van der Waals surface area contributed by atoms with Gasteiger partial charge in [-0.3, -0.25) is 23.9 Å². The Kier molecular flexibility index (Phi) is 12.8. The topological polar surface area (TPSA) is 138 Å². The number of carbonyl (C=O) groups is 4. The summed E-state index contributed by atoms with van der Waals surface area (Å²) in [5, 5.41) is 12.1. The Labute approximate surface area is 278 Å². The first kappa shape index (κ1) is 36.6. The average Bonchev–Trinajstić information content (AvgIpc) is 3.56. The summed E-state index contributed by atoms with van der Waals surface area (Å²) in [6.07, 6.45) is 0.347. The highest BCUT2D eigenvalue weighted by molar-refractivity contribution is 6.00. The summed E-state index contributed by atoms with van der Waals surface area (Å²) in [7, 11) is 3.32. The number of aromatic nitrogens is 2. The number of hydrogen-bond donors (Lipinski definition) is 3. The van der Waals surface area contributed by atoms with Crippen molar-refractivity contribution in [2.45, 2.75) is 64.1 Å². The molecule has 4 amide bonds. The summed E-state index contributed by atoms with van der Waals surface area (Å²) in [6.45, 7) is 5.99. The van der Waals surface area contributed by atoms with E-state index >= 15 is 4.39 Å². The molecule has 1 aromatic carbocycles. The normalized spacial score (nSPS) is 18.9. The Morgan fingerprint density at radius 3 is 2.33 bits per heavy atom. The number of anilines is 1. The SMILES string of the molecule is CCn1nccc1C(=O)NC(C(=O)Nc1ccc([C@H](C)[C@@H](NC(=O)COC)C(=O)N2CCN(C)CC2)cc1F)C1CCC(=C(F)F)CC1. The average molecular weight is 676 g/mol. The fourth-order valence-corrected chi connectivity index (χ4v) is 6.19. The zero-order valence-corrected chi connectivity index (χ0v) is 27.7. The number of methoxy groups -OCH3 is 1. The molecule has 2 aliphatic rings. The van der Waals surface area contributed by atoms with Gasteiger partial charge in [-0.15, -0.1) is 0 Å². The lowest BCUT2D eigenvalue weighted by Gasteiger charge is -2.36. The van der Waals surface area contributed by atoms with E-state index in [1.54, 1.807) is 24.8 Å². The quantitative estimate of drug-likeness (QED) is 0.315. The van der Waals surface area contributed by atoms with Crippen LogP contribution in [0.5, 0.6) is 0 Å². The molecule has 3 atom stereocenters. The van der Waals surface area contributed by atoms with Gasteiger partial charge in [-0.1, -0.05) is 13.0 Å². The van der Waals surface area contributed by atoms with Crippen LogP contribution in [0.2, 0.25) is 0 Å². The van der Waals surface area contributed by atoms with Gasteiger partial charge in [0.25, 0.3) is 12.0 Å². The van der Waals surface area contributed by atoms with E-state index in [1.165, 1.54) is 36.2 Å². The van der Waals surface area contributed by atoms with Crippen LogP contribution in [0.3, 0.4) is 0 Å². The number of carbonyl (C=O) groups excluding carboxylic acids is 4. The van der Waals surface area contributed by atoms with Crippen LogP contribution in [0.15, 0.2) is 42.1 Å². The van der Waals surface area contributed by atoms with Gasteiger partial charge in [-0.05, 0) is 74.9 Å². The second kappa shape index (κ2) is 16.7. The van der Waals surface area contributed by atoms with Crippen molar-refractivity contribution in [3.63, 3.8) is 0 Å². The van der Waals surface area contributed by atoms with Crippen molar-refractivity contribution in [3.8, 4) is 0 Å². The number of likely N-dealkylation sites (N-methyl/N-ethyl adjacent to an activating group) is 1. The predicted molar refractivity (Wildman–Crippen MR) is 172 cm³/mol. The van der Waals surface area contributed by atoms with E-state index in [0.717, 1.165) is 0 Å². The molecule has 2 heterocycles. The molecule has 1 aliphatic carbocycles. The van der Waals surface area contributed by atoms with Crippen LogP contribution in [-0.2, 0) is 25.7 Å². The minimum absolute atomic E-state index is 0.0272. The molecule has 3 N–H and O–H groups in total. The molecule has 262 valence electrons. The molecule has 15 heteroatoms. The zero-order chi connectivity index (χ0) is 35.0.